The number of carbonyl (C=O) groups is 1. The average Bonchev–Trinajstić information content (AvgIpc) is 3.16. The first-order valence-corrected chi connectivity index (χ1v) is 8.05. The highest BCUT2D eigenvalue weighted by atomic mass is 16.5. The van der Waals surface area contributed by atoms with Crippen LogP contribution in [0.2, 0.25) is 0 Å². The summed E-state index contributed by atoms with van der Waals surface area (Å²) in [6.45, 7) is 1.38. The minimum Gasteiger partial charge on any atom is -0.465 e. The molecule has 0 aliphatic heterocycles. The molecule has 3 atom stereocenters. The topological polar surface area (TPSA) is 115 Å². The standard InChI is InChI=1S/C19H22N2O5/c1-13(22)17(19(24)21-25)20-18(23)15-10-8-14(9-11-15)5-2-3-6-16-7-4-12-26-16/h2-13,17-18,20,22-23,25H,1H3,(H,21,24)/b5-2+,6-3+. The Morgan fingerprint density at radius 3 is 2.38 bits per heavy atom. The van der Waals surface area contributed by atoms with Gasteiger partial charge >= 0.3 is 0 Å². The van der Waals surface area contributed by atoms with Gasteiger partial charge < -0.3 is 14.6 Å². The number of hydrogen-bond acceptors (Lipinski definition) is 6. The van der Waals surface area contributed by atoms with Crippen LogP contribution in [0.5, 0.6) is 0 Å². The summed E-state index contributed by atoms with van der Waals surface area (Å²) in [5.74, 6) is -0.0688. The summed E-state index contributed by atoms with van der Waals surface area (Å²) >= 11 is 0. The fraction of sp³-hybridized carbons (Fsp3) is 0.211. The van der Waals surface area contributed by atoms with Gasteiger partial charge in [0, 0.05) is 0 Å². The molecule has 138 valence electrons. The molecule has 1 aromatic heterocycles. The van der Waals surface area contributed by atoms with E-state index in [-0.39, 0.29) is 0 Å². The van der Waals surface area contributed by atoms with Gasteiger partial charge in [-0.05, 0) is 36.3 Å². The summed E-state index contributed by atoms with van der Waals surface area (Å²) in [5.41, 5.74) is 2.90. The molecule has 2 aromatic rings. The van der Waals surface area contributed by atoms with E-state index in [1.165, 1.54) is 12.4 Å². The largest absolute Gasteiger partial charge is 0.465 e. The van der Waals surface area contributed by atoms with Crippen LogP contribution in [0.1, 0.15) is 30.0 Å². The molecular weight excluding hydrogens is 336 g/mol. The summed E-state index contributed by atoms with van der Waals surface area (Å²) in [4.78, 5) is 11.5. The van der Waals surface area contributed by atoms with Crippen LogP contribution >= 0.6 is 0 Å². The summed E-state index contributed by atoms with van der Waals surface area (Å²) in [6.07, 6.45) is 6.77. The highest BCUT2D eigenvalue weighted by molar-refractivity contribution is 5.81. The second-order valence-electron chi connectivity index (χ2n) is 5.66. The molecule has 1 amide bonds. The summed E-state index contributed by atoms with van der Waals surface area (Å²) < 4.78 is 5.18. The second kappa shape index (κ2) is 9.69. The predicted octanol–water partition coefficient (Wildman–Crippen LogP) is 1.84. The van der Waals surface area contributed by atoms with Gasteiger partial charge in [0.05, 0.1) is 12.4 Å². The Labute approximate surface area is 151 Å². The van der Waals surface area contributed by atoms with Gasteiger partial charge in [-0.25, -0.2) is 5.48 Å². The lowest BCUT2D eigenvalue weighted by molar-refractivity contribution is -0.135. The fourth-order valence-electron chi connectivity index (χ4n) is 2.26. The van der Waals surface area contributed by atoms with Crippen molar-refractivity contribution in [3.05, 3.63) is 71.7 Å². The quantitative estimate of drug-likeness (QED) is 0.213. The number of allylic oxidation sites excluding steroid dienone is 2. The third kappa shape index (κ3) is 5.68. The zero-order valence-electron chi connectivity index (χ0n) is 14.2. The molecule has 2 rings (SSSR count). The van der Waals surface area contributed by atoms with Crippen molar-refractivity contribution in [2.75, 3.05) is 0 Å². The molecule has 26 heavy (non-hydrogen) atoms. The zero-order valence-corrected chi connectivity index (χ0v) is 14.2. The van der Waals surface area contributed by atoms with Crippen molar-refractivity contribution in [3.8, 4) is 0 Å². The van der Waals surface area contributed by atoms with Crippen molar-refractivity contribution in [1.29, 1.82) is 0 Å². The van der Waals surface area contributed by atoms with E-state index in [0.717, 1.165) is 11.3 Å². The number of aliphatic hydroxyl groups is 2. The number of furan rings is 1. The van der Waals surface area contributed by atoms with Gasteiger partial charge in [0.1, 0.15) is 18.0 Å². The number of hydroxylamine groups is 1. The Hall–Kier alpha value is -2.71. The van der Waals surface area contributed by atoms with Gasteiger partial charge in [0.15, 0.2) is 0 Å². The van der Waals surface area contributed by atoms with Gasteiger partial charge in [0.25, 0.3) is 5.91 Å². The first-order valence-electron chi connectivity index (χ1n) is 8.05. The first kappa shape index (κ1) is 19.6. The monoisotopic (exact) mass is 358 g/mol. The van der Waals surface area contributed by atoms with Crippen LogP contribution in [0.4, 0.5) is 0 Å². The van der Waals surface area contributed by atoms with E-state index in [4.69, 9.17) is 9.62 Å². The number of nitrogens with one attached hydrogen (secondary N) is 2. The lowest BCUT2D eigenvalue weighted by Gasteiger charge is -2.23. The second-order valence-corrected chi connectivity index (χ2v) is 5.66. The number of hydrogen-bond donors (Lipinski definition) is 5. The van der Waals surface area contributed by atoms with E-state index in [1.807, 2.05) is 36.4 Å². The molecule has 3 unspecified atom stereocenters. The number of benzene rings is 1. The highest BCUT2D eigenvalue weighted by Crippen LogP contribution is 2.14. The van der Waals surface area contributed by atoms with Crippen molar-refractivity contribution >= 4 is 18.1 Å². The van der Waals surface area contributed by atoms with E-state index in [2.05, 4.69) is 5.32 Å². The van der Waals surface area contributed by atoms with E-state index in [1.54, 1.807) is 30.5 Å². The maximum absolute atomic E-state index is 11.5. The Morgan fingerprint density at radius 2 is 1.81 bits per heavy atom. The van der Waals surface area contributed by atoms with Crippen LogP contribution < -0.4 is 10.8 Å². The normalized spacial score (nSPS) is 15.2. The third-order valence-electron chi connectivity index (χ3n) is 3.67. The number of rotatable bonds is 8. The molecule has 7 nitrogen and oxygen atoms in total. The van der Waals surface area contributed by atoms with Crippen LogP contribution in [0.15, 0.2) is 59.2 Å². The van der Waals surface area contributed by atoms with Crippen LogP contribution in [0.3, 0.4) is 0 Å². The Balaban J connectivity index is 1.96. The predicted molar refractivity (Wildman–Crippen MR) is 96.7 cm³/mol. The van der Waals surface area contributed by atoms with Gasteiger partial charge in [-0.1, -0.05) is 42.5 Å². The Morgan fingerprint density at radius 1 is 1.12 bits per heavy atom. The molecule has 5 N–H and O–H groups in total. The summed E-state index contributed by atoms with van der Waals surface area (Å²) in [7, 11) is 0. The van der Waals surface area contributed by atoms with Crippen molar-refractivity contribution in [2.45, 2.75) is 25.3 Å². The van der Waals surface area contributed by atoms with Gasteiger partial charge in [-0.15, -0.1) is 0 Å². The molecule has 1 aromatic carbocycles. The van der Waals surface area contributed by atoms with Crippen LogP contribution in [0.25, 0.3) is 12.2 Å². The molecule has 0 saturated carbocycles. The van der Waals surface area contributed by atoms with Crippen LogP contribution in [-0.4, -0.2) is 33.5 Å². The van der Waals surface area contributed by atoms with Gasteiger partial charge in [-0.2, -0.15) is 0 Å². The van der Waals surface area contributed by atoms with Crippen molar-refractivity contribution in [1.82, 2.24) is 10.8 Å². The molecule has 0 aliphatic carbocycles. The molecule has 0 aliphatic rings. The lowest BCUT2D eigenvalue weighted by atomic mass is 10.1. The Bertz CT molecular complexity index is 736. The molecule has 0 saturated heterocycles. The molecule has 0 fully saturated rings. The summed E-state index contributed by atoms with van der Waals surface area (Å²) in [5, 5.41) is 31.0. The van der Waals surface area contributed by atoms with Crippen molar-refractivity contribution < 1.29 is 24.6 Å². The summed E-state index contributed by atoms with van der Waals surface area (Å²) in [6, 6.07) is 9.52. The molecule has 0 bridgehead atoms. The van der Waals surface area contributed by atoms with Gasteiger partial charge in [-0.3, -0.25) is 15.3 Å². The van der Waals surface area contributed by atoms with Crippen LogP contribution in [0, 0.1) is 0 Å². The third-order valence-corrected chi connectivity index (χ3v) is 3.67. The maximum Gasteiger partial charge on any atom is 0.263 e. The number of carbonyl (C=O) groups excluding carboxylic acids is 1. The van der Waals surface area contributed by atoms with Crippen molar-refractivity contribution in [3.63, 3.8) is 0 Å². The fourth-order valence-corrected chi connectivity index (χ4v) is 2.26. The van der Waals surface area contributed by atoms with E-state index in [0.29, 0.717) is 5.56 Å². The first-order chi connectivity index (χ1) is 12.5. The van der Waals surface area contributed by atoms with E-state index < -0.39 is 24.3 Å². The number of amides is 1. The maximum atomic E-state index is 11.5. The van der Waals surface area contributed by atoms with Crippen LogP contribution in [-0.2, 0) is 4.79 Å². The minimum atomic E-state index is -1.18. The minimum absolute atomic E-state index is 0.518. The van der Waals surface area contributed by atoms with Gasteiger partial charge in [0.2, 0.25) is 0 Å². The molecule has 0 radical (unpaired) electrons. The highest BCUT2D eigenvalue weighted by Gasteiger charge is 2.25. The molecule has 0 spiro atoms. The lowest BCUT2D eigenvalue weighted by Crippen LogP contribution is -2.50. The molecular formula is C19H22N2O5. The molecule has 7 heteroatoms. The van der Waals surface area contributed by atoms with E-state index in [9.17, 15) is 15.0 Å². The smallest absolute Gasteiger partial charge is 0.263 e. The van der Waals surface area contributed by atoms with Crippen molar-refractivity contribution in [2.24, 2.45) is 0 Å². The zero-order chi connectivity index (χ0) is 18.9. The average molecular weight is 358 g/mol. The van der Waals surface area contributed by atoms with E-state index >= 15 is 0 Å². The number of aliphatic hydroxyl groups excluding tert-OH is 2. The Kier molecular flexibility index (Phi) is 7.31. The SMILES string of the molecule is CC(O)C(NC(O)c1ccc(/C=C/C=C/c2ccco2)cc1)C(=O)NO. The molecule has 1 heterocycles.